The van der Waals surface area contributed by atoms with E-state index in [0.29, 0.717) is 11.3 Å². The molecule has 0 spiro atoms. The first-order valence-corrected chi connectivity index (χ1v) is 15.7. The van der Waals surface area contributed by atoms with E-state index in [-0.39, 0.29) is 35.6 Å². The fourth-order valence-electron chi connectivity index (χ4n) is 6.92. The summed E-state index contributed by atoms with van der Waals surface area (Å²) < 4.78 is 3.34. The van der Waals surface area contributed by atoms with Crippen LogP contribution in [0, 0.1) is 23.5 Å². The summed E-state index contributed by atoms with van der Waals surface area (Å²) in [5.41, 5.74) is 17.6. The smallest absolute Gasteiger partial charge is 1.00 e. The maximum absolute atomic E-state index is 3.65. The Kier molecular flexibility index (Phi) is 10.6. The molecular formula is C37H44Cl2Zr-2. The summed E-state index contributed by atoms with van der Waals surface area (Å²) >= 11 is 1.30. The van der Waals surface area contributed by atoms with Crippen LogP contribution in [0.25, 0.3) is 22.3 Å². The van der Waals surface area contributed by atoms with Crippen molar-refractivity contribution in [2.24, 2.45) is 11.3 Å². The molecule has 0 aromatic heterocycles. The van der Waals surface area contributed by atoms with Crippen molar-refractivity contribution >= 4 is 15.4 Å². The van der Waals surface area contributed by atoms with Crippen LogP contribution < -0.4 is 24.8 Å². The molecule has 2 aromatic carbocycles. The van der Waals surface area contributed by atoms with Gasteiger partial charge in [0.1, 0.15) is 0 Å². The normalized spacial score (nSPS) is 19.9. The van der Waals surface area contributed by atoms with Crippen molar-refractivity contribution in [3.63, 3.8) is 0 Å². The monoisotopic (exact) mass is 648 g/mol. The quantitative estimate of drug-likeness (QED) is 0.325. The summed E-state index contributed by atoms with van der Waals surface area (Å²) in [4.78, 5) is 0. The molecule has 1 atom stereocenters. The Hall–Kier alpha value is -1.27. The second-order valence-corrected chi connectivity index (χ2v) is 13.6. The predicted molar refractivity (Wildman–Crippen MR) is 163 cm³/mol. The number of benzene rings is 2. The number of rotatable bonds is 0. The first-order valence-electron chi connectivity index (χ1n) is 13.9. The maximum Gasteiger partial charge on any atom is -1.00 e. The van der Waals surface area contributed by atoms with E-state index in [2.05, 4.69) is 129 Å². The molecule has 0 fully saturated rings. The fourth-order valence-corrected chi connectivity index (χ4v) is 6.92. The topological polar surface area (TPSA) is 0 Å². The van der Waals surface area contributed by atoms with Crippen LogP contribution >= 0.6 is 0 Å². The molecule has 6 rings (SSSR count). The standard InChI is InChI=1S/C25H25.C11H17.CH2.2ClH.Zr/c1-14-12-24(3,4)22-8-16-7-17-9-23-19(15(2)13-25(23,5)6)11-21(17)20(16)10-18(14)22;1-8-6-9(2)10(7-8)11(3,4)5;;;;/h8-12H,7H2,1-6H3;7-8H,1-5H3;1H2;2*1H;/q2*-1;;;;+2/p-2. The van der Waals surface area contributed by atoms with Crippen LogP contribution in [0.5, 0.6) is 0 Å². The first-order chi connectivity index (χ1) is 17.6. The molecule has 0 radical (unpaired) electrons. The Morgan fingerprint density at radius 3 is 1.80 bits per heavy atom. The van der Waals surface area contributed by atoms with Gasteiger partial charge >= 0.3 is 28.4 Å². The molecule has 0 saturated heterocycles. The van der Waals surface area contributed by atoms with E-state index >= 15 is 0 Å². The predicted octanol–water partition coefficient (Wildman–Crippen LogP) is 3.78. The van der Waals surface area contributed by atoms with E-state index in [9.17, 15) is 0 Å². The van der Waals surface area contributed by atoms with Crippen molar-refractivity contribution in [3.8, 4) is 11.1 Å². The van der Waals surface area contributed by atoms with Gasteiger partial charge in [-0.05, 0) is 58.4 Å². The van der Waals surface area contributed by atoms with Crippen molar-refractivity contribution in [3.05, 3.63) is 93.1 Å². The Bertz CT molecular complexity index is 1350. The second-order valence-electron chi connectivity index (χ2n) is 13.6. The minimum absolute atomic E-state index is 0. The molecule has 0 amide bonds. The third kappa shape index (κ3) is 6.23. The number of hydrogen-bond donors (Lipinski definition) is 0. The summed E-state index contributed by atoms with van der Waals surface area (Å²) in [7, 11) is 0. The molecule has 40 heavy (non-hydrogen) atoms. The Morgan fingerprint density at radius 2 is 1.32 bits per heavy atom. The van der Waals surface area contributed by atoms with Crippen molar-refractivity contribution in [2.45, 2.75) is 93.4 Å². The van der Waals surface area contributed by atoms with Crippen molar-refractivity contribution in [1.82, 2.24) is 0 Å². The van der Waals surface area contributed by atoms with Crippen molar-refractivity contribution < 1.29 is 49.0 Å². The number of fused-ring (bicyclic) bond motifs is 5. The van der Waals surface area contributed by atoms with E-state index in [1.54, 1.807) is 0 Å². The van der Waals surface area contributed by atoms with Crippen LogP contribution in [0.3, 0.4) is 0 Å². The van der Waals surface area contributed by atoms with E-state index in [4.69, 9.17) is 0 Å². The van der Waals surface area contributed by atoms with Gasteiger partial charge < -0.3 is 24.8 Å². The van der Waals surface area contributed by atoms with Gasteiger partial charge in [-0.2, -0.15) is 17.2 Å². The third-order valence-electron chi connectivity index (χ3n) is 8.50. The summed E-state index contributed by atoms with van der Waals surface area (Å²) in [6.45, 7) is 24.8. The Morgan fingerprint density at radius 1 is 0.800 bits per heavy atom. The van der Waals surface area contributed by atoms with Gasteiger partial charge in [-0.25, -0.2) is 11.1 Å². The van der Waals surface area contributed by atoms with Gasteiger partial charge in [0.05, 0.1) is 0 Å². The fraction of sp³-hybridized carbons (Fsp3) is 0.432. The number of allylic oxidation sites excluding steroid dienone is 8. The molecule has 4 aliphatic carbocycles. The third-order valence-corrected chi connectivity index (χ3v) is 8.50. The molecule has 2 aromatic rings. The van der Waals surface area contributed by atoms with Gasteiger partial charge in [0, 0.05) is 5.41 Å². The first kappa shape index (κ1) is 34.9. The van der Waals surface area contributed by atoms with E-state index < -0.39 is 0 Å². The maximum atomic E-state index is 3.65. The van der Waals surface area contributed by atoms with Crippen LogP contribution in [0.15, 0.2) is 47.6 Å². The Labute approximate surface area is 271 Å². The molecule has 0 saturated carbocycles. The zero-order valence-electron chi connectivity index (χ0n) is 26.2. The Balaban J connectivity index is 0.000000320. The van der Waals surface area contributed by atoms with E-state index in [1.807, 2.05) is 0 Å². The second kappa shape index (κ2) is 12.2. The number of hydrogen-bond acceptors (Lipinski definition) is 0. The number of halogens is 2. The van der Waals surface area contributed by atoms with Gasteiger partial charge in [-0.1, -0.05) is 104 Å². The molecule has 212 valence electrons. The zero-order chi connectivity index (χ0) is 28.4. The molecule has 0 heterocycles. The minimum atomic E-state index is 0. The largest absolute Gasteiger partial charge is 1.00 e. The van der Waals surface area contributed by atoms with Crippen LogP contribution in [0.2, 0.25) is 0 Å². The van der Waals surface area contributed by atoms with Gasteiger partial charge in [0.2, 0.25) is 0 Å². The summed E-state index contributed by atoms with van der Waals surface area (Å²) in [5.74, 6) is 0.518. The molecule has 4 aliphatic rings. The molecule has 0 nitrogen and oxygen atoms in total. The minimum Gasteiger partial charge on any atom is -1.00 e. The van der Waals surface area contributed by atoms with Gasteiger partial charge in [0.15, 0.2) is 0 Å². The van der Waals surface area contributed by atoms with E-state index in [0.717, 1.165) is 6.42 Å². The summed E-state index contributed by atoms with van der Waals surface area (Å²) in [6.07, 6.45) is 12.8. The SMILES string of the molecule is CC1=[C-]C(C)(C)c2cc3c(cc21)-c1cc2c(cc1C3)C(C)(C)C=C2C.CC1=[C-]C(C)C=C1C(C)(C)C.[CH2]=[Zr+2].[Cl-].[Cl-]. The molecule has 1 unspecified atom stereocenters. The molecular weight excluding hydrogens is 607 g/mol. The van der Waals surface area contributed by atoms with Crippen LogP contribution in [-0.2, 0) is 41.5 Å². The van der Waals surface area contributed by atoms with Gasteiger partial charge in [-0.15, -0.1) is 11.6 Å². The molecule has 0 bridgehead atoms. The van der Waals surface area contributed by atoms with Crippen LogP contribution in [0.4, 0.5) is 0 Å². The van der Waals surface area contributed by atoms with Crippen molar-refractivity contribution in [2.75, 3.05) is 0 Å². The van der Waals surface area contributed by atoms with E-state index in [1.165, 1.54) is 91.0 Å². The summed E-state index contributed by atoms with van der Waals surface area (Å²) in [6, 6.07) is 9.81. The van der Waals surface area contributed by atoms with Crippen LogP contribution in [0.1, 0.15) is 110 Å². The van der Waals surface area contributed by atoms with Gasteiger partial charge in [-0.3, -0.25) is 12.2 Å². The molecule has 3 heteroatoms. The average molecular weight is 651 g/mol. The summed E-state index contributed by atoms with van der Waals surface area (Å²) in [5, 5.41) is 0. The van der Waals surface area contributed by atoms with Crippen molar-refractivity contribution in [1.29, 1.82) is 0 Å². The van der Waals surface area contributed by atoms with Crippen LogP contribution in [-0.4, -0.2) is 4.21 Å². The average Bonchev–Trinajstić information content (AvgIpc) is 3.48. The zero-order valence-corrected chi connectivity index (χ0v) is 30.2. The molecule has 0 N–H and O–H groups in total. The molecule has 0 aliphatic heterocycles. The van der Waals surface area contributed by atoms with Gasteiger partial charge in [0.25, 0.3) is 0 Å².